The highest BCUT2D eigenvalue weighted by molar-refractivity contribution is 6.35. The molecule has 2 aromatic rings. The Kier molecular flexibility index (Phi) is 7.03. The third-order valence-corrected chi connectivity index (χ3v) is 3.68. The molecule has 1 amide bonds. The van der Waals surface area contributed by atoms with Crippen LogP contribution in [-0.2, 0) is 4.79 Å². The zero-order chi connectivity index (χ0) is 17.4. The molecule has 0 spiro atoms. The lowest BCUT2D eigenvalue weighted by Gasteiger charge is -2.08. The number of benzene rings is 1. The molecule has 1 heterocycles. The van der Waals surface area contributed by atoms with E-state index in [0.717, 1.165) is 11.3 Å². The Hall–Kier alpha value is -2.11. The van der Waals surface area contributed by atoms with Gasteiger partial charge in [-0.3, -0.25) is 9.78 Å². The fraction of sp³-hybridized carbons (Fsp3) is 0.235. The van der Waals surface area contributed by atoms with Crippen LogP contribution in [0.2, 0.25) is 10.0 Å². The van der Waals surface area contributed by atoms with Crippen LogP contribution in [-0.4, -0.2) is 23.2 Å². The average Bonchev–Trinajstić information content (AvgIpc) is 2.59. The fourth-order valence-corrected chi connectivity index (χ4v) is 2.33. The van der Waals surface area contributed by atoms with Gasteiger partial charge in [0.15, 0.2) is 0 Å². The van der Waals surface area contributed by atoms with E-state index < -0.39 is 0 Å². The predicted octanol–water partition coefficient (Wildman–Crippen LogP) is 4.09. The first-order chi connectivity index (χ1) is 11.6. The maximum absolute atomic E-state index is 11.8. The highest BCUT2D eigenvalue weighted by Gasteiger charge is 2.04. The molecule has 24 heavy (non-hydrogen) atoms. The number of ether oxygens (including phenoxy) is 1. The molecule has 0 aliphatic carbocycles. The van der Waals surface area contributed by atoms with E-state index in [-0.39, 0.29) is 5.91 Å². The highest BCUT2D eigenvalue weighted by atomic mass is 35.5. The molecule has 0 saturated carbocycles. The van der Waals surface area contributed by atoms with Crippen molar-refractivity contribution in [1.82, 2.24) is 10.4 Å². The minimum atomic E-state index is -0.172. The van der Waals surface area contributed by atoms with Gasteiger partial charge in [-0.15, -0.1) is 0 Å². The Labute approximate surface area is 150 Å². The normalized spacial score (nSPS) is 11.2. The number of nitrogens with one attached hydrogen (secondary N) is 1. The number of carbonyl (C=O) groups excluding carboxylic acids is 1. The number of hydrogen-bond donors (Lipinski definition) is 1. The number of carbonyl (C=O) groups is 1. The summed E-state index contributed by atoms with van der Waals surface area (Å²) >= 11 is 11.8. The molecule has 1 aromatic carbocycles. The van der Waals surface area contributed by atoms with Gasteiger partial charge < -0.3 is 4.74 Å². The van der Waals surface area contributed by atoms with Gasteiger partial charge >= 0.3 is 0 Å². The summed E-state index contributed by atoms with van der Waals surface area (Å²) in [5, 5.41) is 5.07. The third-order valence-electron chi connectivity index (χ3n) is 3.15. The largest absolute Gasteiger partial charge is 0.492 e. The van der Waals surface area contributed by atoms with E-state index in [1.165, 1.54) is 0 Å². The maximum Gasteiger partial charge on any atom is 0.240 e. The Morgan fingerprint density at radius 2 is 2.00 bits per heavy atom. The number of aromatic nitrogens is 1. The SMILES string of the molecule is C/C(=N\NC(=O)CCCOc1ccc(Cl)cc1Cl)c1ccncc1. The van der Waals surface area contributed by atoms with Crippen LogP contribution in [0.4, 0.5) is 0 Å². The number of hydrogen-bond acceptors (Lipinski definition) is 4. The van der Waals surface area contributed by atoms with Gasteiger partial charge in [0.05, 0.1) is 17.3 Å². The van der Waals surface area contributed by atoms with Crippen molar-refractivity contribution in [3.05, 3.63) is 58.3 Å². The second-order valence-electron chi connectivity index (χ2n) is 4.99. The van der Waals surface area contributed by atoms with E-state index in [9.17, 15) is 4.79 Å². The Morgan fingerprint density at radius 1 is 1.25 bits per heavy atom. The Morgan fingerprint density at radius 3 is 2.71 bits per heavy atom. The van der Waals surface area contributed by atoms with E-state index in [4.69, 9.17) is 27.9 Å². The smallest absolute Gasteiger partial charge is 0.240 e. The van der Waals surface area contributed by atoms with Crippen LogP contribution in [0, 0.1) is 0 Å². The Bertz CT molecular complexity index is 721. The molecular formula is C17H17Cl2N3O2. The van der Waals surface area contributed by atoms with Gasteiger partial charge in [-0.25, -0.2) is 5.43 Å². The zero-order valence-corrected chi connectivity index (χ0v) is 14.6. The van der Waals surface area contributed by atoms with E-state index in [1.54, 1.807) is 30.6 Å². The van der Waals surface area contributed by atoms with Crippen LogP contribution in [0.3, 0.4) is 0 Å². The molecule has 5 nitrogen and oxygen atoms in total. The van der Waals surface area contributed by atoms with Crippen molar-refractivity contribution < 1.29 is 9.53 Å². The van der Waals surface area contributed by atoms with Crippen LogP contribution in [0.5, 0.6) is 5.75 Å². The van der Waals surface area contributed by atoms with Crippen LogP contribution in [0.1, 0.15) is 25.3 Å². The van der Waals surface area contributed by atoms with Crippen LogP contribution < -0.4 is 10.2 Å². The summed E-state index contributed by atoms with van der Waals surface area (Å²) in [5.41, 5.74) is 4.15. The molecule has 1 N–H and O–H groups in total. The zero-order valence-electron chi connectivity index (χ0n) is 13.1. The van der Waals surface area contributed by atoms with Gasteiger partial charge in [-0.2, -0.15) is 5.10 Å². The monoisotopic (exact) mass is 365 g/mol. The minimum absolute atomic E-state index is 0.172. The highest BCUT2D eigenvalue weighted by Crippen LogP contribution is 2.27. The van der Waals surface area contributed by atoms with Gasteiger partial charge in [-0.05, 0) is 43.7 Å². The molecule has 2 rings (SSSR count). The molecule has 0 fully saturated rings. The van der Waals surface area contributed by atoms with Crippen molar-refractivity contribution >= 4 is 34.8 Å². The van der Waals surface area contributed by atoms with Gasteiger partial charge in [0.25, 0.3) is 0 Å². The van der Waals surface area contributed by atoms with E-state index in [0.29, 0.717) is 35.2 Å². The van der Waals surface area contributed by atoms with E-state index in [1.807, 2.05) is 19.1 Å². The van der Waals surface area contributed by atoms with Crippen molar-refractivity contribution in [2.45, 2.75) is 19.8 Å². The van der Waals surface area contributed by atoms with Crippen LogP contribution in [0.25, 0.3) is 0 Å². The number of hydrazone groups is 1. The van der Waals surface area contributed by atoms with Crippen LogP contribution >= 0.6 is 23.2 Å². The molecule has 0 unspecified atom stereocenters. The predicted molar refractivity (Wildman–Crippen MR) is 95.8 cm³/mol. The first-order valence-electron chi connectivity index (χ1n) is 7.37. The van der Waals surface area contributed by atoms with Crippen LogP contribution in [0.15, 0.2) is 47.8 Å². The molecule has 7 heteroatoms. The summed E-state index contributed by atoms with van der Waals surface area (Å²) in [5.74, 6) is 0.377. The lowest BCUT2D eigenvalue weighted by molar-refractivity contribution is -0.121. The molecule has 0 bridgehead atoms. The molecule has 1 aromatic heterocycles. The first-order valence-corrected chi connectivity index (χ1v) is 8.13. The summed E-state index contributed by atoms with van der Waals surface area (Å²) in [7, 11) is 0. The number of pyridine rings is 1. The molecular weight excluding hydrogens is 349 g/mol. The van der Waals surface area contributed by atoms with Crippen molar-refractivity contribution in [1.29, 1.82) is 0 Å². The Balaban J connectivity index is 1.72. The first kappa shape index (κ1) is 18.2. The molecule has 126 valence electrons. The second kappa shape index (κ2) is 9.25. The lowest BCUT2D eigenvalue weighted by atomic mass is 10.2. The summed E-state index contributed by atoms with van der Waals surface area (Å²) in [6, 6.07) is 8.67. The second-order valence-corrected chi connectivity index (χ2v) is 5.84. The molecule has 0 aliphatic rings. The van der Waals surface area contributed by atoms with E-state index >= 15 is 0 Å². The van der Waals surface area contributed by atoms with Crippen molar-refractivity contribution in [3.63, 3.8) is 0 Å². The quantitative estimate of drug-likeness (QED) is 0.456. The molecule has 0 aliphatic heterocycles. The van der Waals surface area contributed by atoms with E-state index in [2.05, 4.69) is 15.5 Å². The van der Waals surface area contributed by atoms with Crippen molar-refractivity contribution in [2.24, 2.45) is 5.10 Å². The van der Waals surface area contributed by atoms with Gasteiger partial charge in [-0.1, -0.05) is 23.2 Å². The molecule has 0 radical (unpaired) electrons. The van der Waals surface area contributed by atoms with Gasteiger partial charge in [0.2, 0.25) is 5.91 Å². The maximum atomic E-state index is 11.8. The summed E-state index contributed by atoms with van der Waals surface area (Å²) in [6.07, 6.45) is 4.21. The van der Waals surface area contributed by atoms with Crippen molar-refractivity contribution in [3.8, 4) is 5.75 Å². The standard InChI is InChI=1S/C17H17Cl2N3O2/c1-12(13-6-8-20-9-7-13)21-22-17(23)3-2-10-24-16-5-4-14(18)11-15(16)19/h4-9,11H,2-3,10H2,1H3,(H,22,23)/b21-12+. The number of rotatable bonds is 7. The molecule has 0 saturated heterocycles. The number of nitrogens with zero attached hydrogens (tertiary/aromatic N) is 2. The number of halogens is 2. The summed E-state index contributed by atoms with van der Waals surface area (Å²) < 4.78 is 5.52. The van der Waals surface area contributed by atoms with Gasteiger partial charge in [0.1, 0.15) is 5.75 Å². The number of amides is 1. The third kappa shape index (κ3) is 5.83. The minimum Gasteiger partial charge on any atom is -0.492 e. The van der Waals surface area contributed by atoms with Crippen molar-refractivity contribution in [2.75, 3.05) is 6.61 Å². The summed E-state index contributed by atoms with van der Waals surface area (Å²) in [6.45, 7) is 2.20. The fourth-order valence-electron chi connectivity index (χ4n) is 1.87. The summed E-state index contributed by atoms with van der Waals surface area (Å²) in [4.78, 5) is 15.7. The molecule has 0 atom stereocenters. The lowest BCUT2D eigenvalue weighted by Crippen LogP contribution is -2.19. The van der Waals surface area contributed by atoms with Gasteiger partial charge in [0, 0.05) is 29.4 Å². The topological polar surface area (TPSA) is 63.6 Å². The average molecular weight is 366 g/mol.